The molecule has 0 bridgehead atoms. The lowest BCUT2D eigenvalue weighted by Crippen LogP contribution is -2.62. The Kier molecular flexibility index (Phi) is 2.64. The molecule has 0 saturated carbocycles. The molecule has 1 fully saturated rings. The van der Waals surface area contributed by atoms with E-state index in [1.807, 2.05) is 0 Å². The Balaban J connectivity index is 2.02. The molecule has 0 aromatic heterocycles. The number of amides is 3. The van der Waals surface area contributed by atoms with Gasteiger partial charge in [-0.25, -0.2) is 9.37 Å². The maximum Gasteiger partial charge on any atom is 0.333 e. The number of aliphatic imine (C=N–C) groups is 1. The van der Waals surface area contributed by atoms with Gasteiger partial charge in [0, 0.05) is 14.1 Å². The molecule has 8 heteroatoms. The van der Waals surface area contributed by atoms with Crippen molar-refractivity contribution >= 4 is 23.6 Å². The van der Waals surface area contributed by atoms with Gasteiger partial charge in [0.05, 0.1) is 6.61 Å². The second-order valence-electron chi connectivity index (χ2n) is 4.85. The lowest BCUT2D eigenvalue weighted by Gasteiger charge is -2.30. The molecular formula is C11H15N4O4+. The molecule has 2 unspecified atom stereocenters. The SMILES string of the molecule is CN1C(=O)C2C(=NC3=[N+]2CC(O)COC3)N(C)C1=O. The third-order valence-electron chi connectivity index (χ3n) is 3.56. The first kappa shape index (κ1) is 12.2. The molecule has 0 aromatic rings. The van der Waals surface area contributed by atoms with Crippen LogP contribution < -0.4 is 0 Å². The second kappa shape index (κ2) is 4.10. The molecule has 0 aliphatic carbocycles. The van der Waals surface area contributed by atoms with Gasteiger partial charge in [-0.05, 0) is 4.99 Å². The maximum absolute atomic E-state index is 12.3. The molecule has 3 rings (SSSR count). The van der Waals surface area contributed by atoms with Gasteiger partial charge in [-0.2, -0.15) is 0 Å². The number of amidine groups is 2. The zero-order valence-electron chi connectivity index (χ0n) is 10.7. The van der Waals surface area contributed by atoms with Crippen LogP contribution in [0.4, 0.5) is 4.79 Å². The van der Waals surface area contributed by atoms with Crippen LogP contribution in [0.25, 0.3) is 0 Å². The van der Waals surface area contributed by atoms with Crippen molar-refractivity contribution in [1.29, 1.82) is 0 Å². The van der Waals surface area contributed by atoms with Crippen LogP contribution in [0.2, 0.25) is 0 Å². The highest BCUT2D eigenvalue weighted by atomic mass is 16.5. The summed E-state index contributed by atoms with van der Waals surface area (Å²) >= 11 is 0. The van der Waals surface area contributed by atoms with Crippen LogP contribution in [0, 0.1) is 0 Å². The Labute approximate surface area is 109 Å². The number of fused-ring (bicyclic) bond motifs is 2. The highest BCUT2D eigenvalue weighted by Gasteiger charge is 2.53. The number of carbonyl (C=O) groups is 2. The van der Waals surface area contributed by atoms with E-state index in [0.717, 1.165) is 4.90 Å². The molecule has 8 nitrogen and oxygen atoms in total. The van der Waals surface area contributed by atoms with E-state index in [4.69, 9.17) is 4.74 Å². The van der Waals surface area contributed by atoms with Gasteiger partial charge in [0.2, 0.25) is 0 Å². The molecule has 0 radical (unpaired) electrons. The van der Waals surface area contributed by atoms with Gasteiger partial charge in [0.1, 0.15) is 12.6 Å². The predicted molar refractivity (Wildman–Crippen MR) is 64.1 cm³/mol. The van der Waals surface area contributed by atoms with E-state index < -0.39 is 18.2 Å². The van der Waals surface area contributed by atoms with Crippen molar-refractivity contribution in [2.75, 3.05) is 33.9 Å². The summed E-state index contributed by atoms with van der Waals surface area (Å²) in [5.74, 6) is 0.659. The zero-order chi connectivity index (χ0) is 13.7. The first-order chi connectivity index (χ1) is 9.00. The average molecular weight is 267 g/mol. The summed E-state index contributed by atoms with van der Waals surface area (Å²) in [4.78, 5) is 30.9. The molecule has 3 heterocycles. The van der Waals surface area contributed by atoms with E-state index in [0.29, 0.717) is 11.7 Å². The second-order valence-corrected chi connectivity index (χ2v) is 4.85. The number of nitrogens with zero attached hydrogens (tertiary/aromatic N) is 4. The molecule has 2 atom stereocenters. The molecule has 1 saturated heterocycles. The molecule has 0 spiro atoms. The number of hydrogen-bond donors (Lipinski definition) is 1. The Morgan fingerprint density at radius 1 is 1.37 bits per heavy atom. The maximum atomic E-state index is 12.3. The van der Waals surface area contributed by atoms with Crippen LogP contribution in [-0.4, -0.2) is 89.1 Å². The summed E-state index contributed by atoms with van der Waals surface area (Å²) in [5.41, 5.74) is 0. The van der Waals surface area contributed by atoms with Crippen molar-refractivity contribution in [3.05, 3.63) is 0 Å². The number of aliphatic hydroxyl groups is 1. The van der Waals surface area contributed by atoms with Crippen molar-refractivity contribution in [3.8, 4) is 0 Å². The number of aliphatic hydroxyl groups excluding tert-OH is 1. The lowest BCUT2D eigenvalue weighted by atomic mass is 10.1. The van der Waals surface area contributed by atoms with Gasteiger partial charge < -0.3 is 9.84 Å². The molecule has 3 aliphatic rings. The van der Waals surface area contributed by atoms with Crippen LogP contribution in [0.3, 0.4) is 0 Å². The summed E-state index contributed by atoms with van der Waals surface area (Å²) < 4.78 is 7.00. The molecule has 19 heavy (non-hydrogen) atoms. The summed E-state index contributed by atoms with van der Waals surface area (Å²) in [6.07, 6.45) is -0.673. The number of rotatable bonds is 0. The normalized spacial score (nSPS) is 31.2. The van der Waals surface area contributed by atoms with E-state index in [-0.39, 0.29) is 25.7 Å². The minimum absolute atomic E-state index is 0.219. The quantitative estimate of drug-likeness (QED) is 0.519. The number of ether oxygens (including phenoxy) is 1. The van der Waals surface area contributed by atoms with Gasteiger partial charge in [0.15, 0.2) is 6.61 Å². The highest BCUT2D eigenvalue weighted by Crippen LogP contribution is 2.20. The summed E-state index contributed by atoms with van der Waals surface area (Å²) in [7, 11) is 3.03. The largest absolute Gasteiger partial charge is 0.387 e. The van der Waals surface area contributed by atoms with Gasteiger partial charge in [0.25, 0.3) is 17.8 Å². The summed E-state index contributed by atoms with van der Waals surface area (Å²) in [5, 5.41) is 9.76. The Hall–Kier alpha value is -1.80. The molecular weight excluding hydrogens is 252 g/mol. The first-order valence-corrected chi connectivity index (χ1v) is 6.03. The number of imide groups is 1. The molecule has 3 amide bonds. The van der Waals surface area contributed by atoms with Crippen LogP contribution in [0.5, 0.6) is 0 Å². The fraction of sp³-hybridized carbons (Fsp3) is 0.636. The van der Waals surface area contributed by atoms with E-state index >= 15 is 0 Å². The van der Waals surface area contributed by atoms with E-state index in [9.17, 15) is 14.7 Å². The Morgan fingerprint density at radius 3 is 2.84 bits per heavy atom. The smallest absolute Gasteiger partial charge is 0.333 e. The van der Waals surface area contributed by atoms with Crippen LogP contribution in [0.1, 0.15) is 0 Å². The van der Waals surface area contributed by atoms with Crippen LogP contribution >= 0.6 is 0 Å². The number of urea groups is 1. The predicted octanol–water partition coefficient (Wildman–Crippen LogP) is -1.91. The zero-order valence-corrected chi connectivity index (χ0v) is 10.7. The average Bonchev–Trinajstić information content (AvgIpc) is 2.63. The van der Waals surface area contributed by atoms with Crippen molar-refractivity contribution in [2.45, 2.75) is 12.1 Å². The van der Waals surface area contributed by atoms with Crippen molar-refractivity contribution in [1.82, 2.24) is 9.80 Å². The van der Waals surface area contributed by atoms with Crippen molar-refractivity contribution in [3.63, 3.8) is 0 Å². The molecule has 0 aromatic carbocycles. The minimum atomic E-state index is -0.673. The van der Waals surface area contributed by atoms with E-state index in [1.54, 1.807) is 11.6 Å². The van der Waals surface area contributed by atoms with Crippen molar-refractivity contribution < 1.29 is 24.0 Å². The first-order valence-electron chi connectivity index (χ1n) is 6.03. The van der Waals surface area contributed by atoms with Gasteiger partial charge in [-0.3, -0.25) is 14.6 Å². The minimum Gasteiger partial charge on any atom is -0.387 e. The third kappa shape index (κ3) is 1.67. The lowest BCUT2D eigenvalue weighted by molar-refractivity contribution is -0.542. The van der Waals surface area contributed by atoms with Crippen LogP contribution in [-0.2, 0) is 9.53 Å². The van der Waals surface area contributed by atoms with Gasteiger partial charge in [-0.1, -0.05) is 0 Å². The molecule has 1 N–H and O–H groups in total. The van der Waals surface area contributed by atoms with Crippen molar-refractivity contribution in [2.24, 2.45) is 4.99 Å². The Bertz CT molecular complexity index is 527. The van der Waals surface area contributed by atoms with E-state index in [2.05, 4.69) is 4.99 Å². The molecule has 3 aliphatic heterocycles. The fourth-order valence-electron chi connectivity index (χ4n) is 2.54. The molecule has 102 valence electrons. The number of likely N-dealkylation sites (N-methyl/N-ethyl adjacent to an activating group) is 2. The van der Waals surface area contributed by atoms with E-state index in [1.165, 1.54) is 11.9 Å². The third-order valence-corrected chi connectivity index (χ3v) is 3.56. The highest BCUT2D eigenvalue weighted by molar-refractivity contribution is 6.22. The topological polar surface area (TPSA) is 85.4 Å². The van der Waals surface area contributed by atoms with Gasteiger partial charge >= 0.3 is 11.9 Å². The fourth-order valence-corrected chi connectivity index (χ4v) is 2.54. The monoisotopic (exact) mass is 267 g/mol. The van der Waals surface area contributed by atoms with Crippen LogP contribution in [0.15, 0.2) is 4.99 Å². The number of hydrogen-bond acceptors (Lipinski definition) is 5. The summed E-state index contributed by atoms with van der Waals surface area (Å²) in [6.45, 7) is 0.723. The summed E-state index contributed by atoms with van der Waals surface area (Å²) in [6, 6.07) is -1.04. The standard InChI is InChI=1S/C11H15N4O4/c1-13-9-8(10(17)14(2)11(13)18)15-3-6(16)4-19-5-7(15)12-9/h6,8,16H,3-5H2,1-2H3/q+1. The van der Waals surface area contributed by atoms with Gasteiger partial charge in [-0.15, -0.1) is 0 Å². The number of carbonyl (C=O) groups excluding carboxylic acids is 2. The Morgan fingerprint density at radius 2 is 2.11 bits per heavy atom.